The van der Waals surface area contributed by atoms with Crippen molar-refractivity contribution in [3.63, 3.8) is 0 Å². The van der Waals surface area contributed by atoms with Crippen LogP contribution in [0, 0.1) is 0 Å². The van der Waals surface area contributed by atoms with Gasteiger partial charge in [-0.25, -0.2) is 4.98 Å². The first-order valence-corrected chi connectivity index (χ1v) is 12.6. The van der Waals surface area contributed by atoms with E-state index >= 15 is 0 Å². The van der Waals surface area contributed by atoms with Gasteiger partial charge in [0.05, 0.1) is 30.3 Å². The first-order chi connectivity index (χ1) is 18.7. The van der Waals surface area contributed by atoms with Crippen molar-refractivity contribution < 1.29 is 5.11 Å². The van der Waals surface area contributed by atoms with Crippen molar-refractivity contribution in [2.24, 2.45) is 0 Å². The summed E-state index contributed by atoms with van der Waals surface area (Å²) >= 11 is 0. The lowest BCUT2D eigenvalue weighted by Crippen LogP contribution is -2.24. The maximum atomic E-state index is 13.3. The number of nitrogens with zero attached hydrogens (tertiary/aromatic N) is 4. The molecule has 1 unspecified atom stereocenters. The van der Waals surface area contributed by atoms with E-state index in [1.54, 1.807) is 17.0 Å². The number of benzene rings is 2. The van der Waals surface area contributed by atoms with Gasteiger partial charge in [-0.2, -0.15) is 0 Å². The third-order valence-corrected chi connectivity index (χ3v) is 6.82. The predicted molar refractivity (Wildman–Crippen MR) is 149 cm³/mol. The van der Waals surface area contributed by atoms with Crippen molar-refractivity contribution in [3.8, 4) is 11.1 Å². The number of hydrogen-bond donors (Lipinski definition) is 2. The highest BCUT2D eigenvalue weighted by Gasteiger charge is 2.12. The standard InChI is InChI=1S/C31H27N5O2/c37-21-29(24-9-5-2-6-10-24)33-15-22-11-12-30-34-25(20-36(30)18-22)19-35-14-13-26-27(23-7-3-1-4-8-23)16-32-17-28(26)31(35)38/h1-14,16-18,20,29,33,37H,15,19,21H2. The van der Waals surface area contributed by atoms with Gasteiger partial charge >= 0.3 is 0 Å². The van der Waals surface area contributed by atoms with E-state index in [9.17, 15) is 9.90 Å². The molecule has 2 aromatic carbocycles. The molecule has 2 N–H and O–H groups in total. The van der Waals surface area contributed by atoms with Gasteiger partial charge in [-0.15, -0.1) is 0 Å². The van der Waals surface area contributed by atoms with E-state index in [0.717, 1.165) is 39.0 Å². The zero-order valence-corrected chi connectivity index (χ0v) is 20.7. The average Bonchev–Trinajstić information content (AvgIpc) is 3.37. The Balaban J connectivity index is 1.23. The molecule has 0 aliphatic rings. The highest BCUT2D eigenvalue weighted by Crippen LogP contribution is 2.25. The van der Waals surface area contributed by atoms with Crippen molar-refractivity contribution in [1.29, 1.82) is 0 Å². The van der Waals surface area contributed by atoms with Gasteiger partial charge in [0, 0.05) is 43.1 Å². The number of aliphatic hydroxyl groups is 1. The minimum atomic E-state index is -0.137. The number of aromatic nitrogens is 4. The maximum absolute atomic E-state index is 13.3. The summed E-state index contributed by atoms with van der Waals surface area (Å²) in [6.45, 7) is 0.981. The molecule has 0 aliphatic carbocycles. The van der Waals surface area contributed by atoms with Crippen LogP contribution in [0.5, 0.6) is 0 Å². The molecular formula is C31H27N5O2. The number of hydrogen-bond acceptors (Lipinski definition) is 5. The Morgan fingerprint density at radius 3 is 2.45 bits per heavy atom. The molecular weight excluding hydrogens is 474 g/mol. The van der Waals surface area contributed by atoms with Crippen molar-refractivity contribution in [2.75, 3.05) is 6.61 Å². The van der Waals surface area contributed by atoms with Gasteiger partial charge in [0.25, 0.3) is 5.56 Å². The van der Waals surface area contributed by atoms with E-state index in [-0.39, 0.29) is 18.2 Å². The lowest BCUT2D eigenvalue weighted by atomic mass is 10.0. The summed E-state index contributed by atoms with van der Waals surface area (Å²) in [6.07, 6.45) is 9.25. The normalized spacial score (nSPS) is 12.2. The second-order valence-corrected chi connectivity index (χ2v) is 9.32. The van der Waals surface area contributed by atoms with Crippen LogP contribution >= 0.6 is 0 Å². The van der Waals surface area contributed by atoms with E-state index in [1.807, 2.05) is 102 Å². The first-order valence-electron chi connectivity index (χ1n) is 12.6. The van der Waals surface area contributed by atoms with E-state index in [4.69, 9.17) is 4.98 Å². The third-order valence-electron chi connectivity index (χ3n) is 6.82. The molecule has 0 saturated heterocycles. The average molecular weight is 502 g/mol. The Morgan fingerprint density at radius 2 is 1.66 bits per heavy atom. The van der Waals surface area contributed by atoms with E-state index in [0.29, 0.717) is 18.5 Å². The molecule has 0 amide bonds. The molecule has 0 fully saturated rings. The van der Waals surface area contributed by atoms with Crippen LogP contribution < -0.4 is 10.9 Å². The summed E-state index contributed by atoms with van der Waals surface area (Å²) in [4.78, 5) is 22.4. The van der Waals surface area contributed by atoms with Gasteiger partial charge in [0.15, 0.2) is 0 Å². The highest BCUT2D eigenvalue weighted by molar-refractivity contribution is 5.95. The molecule has 1 atom stereocenters. The Labute approximate surface area is 219 Å². The molecule has 7 heteroatoms. The predicted octanol–water partition coefficient (Wildman–Crippen LogP) is 4.58. The van der Waals surface area contributed by atoms with Crippen molar-refractivity contribution in [2.45, 2.75) is 19.1 Å². The van der Waals surface area contributed by atoms with Crippen LogP contribution in [-0.4, -0.2) is 30.6 Å². The number of nitrogens with one attached hydrogen (secondary N) is 1. The Bertz CT molecular complexity index is 1760. The van der Waals surface area contributed by atoms with Crippen molar-refractivity contribution >= 4 is 16.4 Å². The Morgan fingerprint density at radius 1 is 0.868 bits per heavy atom. The van der Waals surface area contributed by atoms with Crippen LogP contribution in [0.15, 0.2) is 115 Å². The molecule has 188 valence electrons. The molecule has 4 aromatic heterocycles. The summed E-state index contributed by atoms with van der Waals surface area (Å²) in [5.74, 6) is 0. The fourth-order valence-corrected chi connectivity index (χ4v) is 4.84. The zero-order valence-electron chi connectivity index (χ0n) is 20.7. The topological polar surface area (TPSA) is 84.5 Å². The summed E-state index contributed by atoms with van der Waals surface area (Å²) in [6, 6.07) is 25.7. The first kappa shape index (κ1) is 23.8. The number of pyridine rings is 3. The Hall–Kier alpha value is -4.59. The van der Waals surface area contributed by atoms with Gasteiger partial charge in [-0.3, -0.25) is 9.78 Å². The van der Waals surface area contributed by atoms with E-state index in [2.05, 4.69) is 10.3 Å². The Kier molecular flexibility index (Phi) is 6.52. The summed E-state index contributed by atoms with van der Waals surface area (Å²) < 4.78 is 3.65. The van der Waals surface area contributed by atoms with Gasteiger partial charge in [-0.1, -0.05) is 66.7 Å². The molecule has 0 aliphatic heterocycles. The fourth-order valence-electron chi connectivity index (χ4n) is 4.84. The lowest BCUT2D eigenvalue weighted by Gasteiger charge is -2.16. The lowest BCUT2D eigenvalue weighted by molar-refractivity contribution is 0.243. The number of fused-ring (bicyclic) bond motifs is 2. The van der Waals surface area contributed by atoms with E-state index < -0.39 is 0 Å². The molecule has 38 heavy (non-hydrogen) atoms. The molecule has 6 rings (SSSR count). The summed E-state index contributed by atoms with van der Waals surface area (Å²) in [7, 11) is 0. The minimum absolute atomic E-state index is 0.0182. The van der Waals surface area contributed by atoms with Gasteiger partial charge in [-0.05, 0) is 34.2 Å². The van der Waals surface area contributed by atoms with Crippen LogP contribution in [0.1, 0.15) is 22.9 Å². The third kappa shape index (κ3) is 4.72. The number of rotatable bonds is 8. The molecule has 4 heterocycles. The van der Waals surface area contributed by atoms with Crippen molar-refractivity contribution in [1.82, 2.24) is 24.3 Å². The smallest absolute Gasteiger partial charge is 0.260 e. The van der Waals surface area contributed by atoms with Crippen LogP contribution in [0.4, 0.5) is 0 Å². The molecule has 0 spiro atoms. The molecule has 6 aromatic rings. The minimum Gasteiger partial charge on any atom is -0.394 e. The SMILES string of the molecule is O=c1c2cncc(-c3ccccc3)c2ccn1Cc1cn2cc(CNC(CO)c3ccccc3)ccc2n1. The van der Waals surface area contributed by atoms with Gasteiger partial charge in [0.2, 0.25) is 0 Å². The van der Waals surface area contributed by atoms with Crippen LogP contribution in [0.3, 0.4) is 0 Å². The molecule has 0 saturated carbocycles. The van der Waals surface area contributed by atoms with Crippen molar-refractivity contribution in [3.05, 3.63) is 137 Å². The van der Waals surface area contributed by atoms with Crippen LogP contribution in [-0.2, 0) is 13.1 Å². The number of imidazole rings is 1. The van der Waals surface area contributed by atoms with Crippen LogP contribution in [0.25, 0.3) is 27.5 Å². The monoisotopic (exact) mass is 501 g/mol. The van der Waals surface area contributed by atoms with E-state index in [1.165, 1.54) is 0 Å². The second kappa shape index (κ2) is 10.4. The molecule has 0 bridgehead atoms. The second-order valence-electron chi connectivity index (χ2n) is 9.32. The van der Waals surface area contributed by atoms with Crippen LogP contribution in [0.2, 0.25) is 0 Å². The summed E-state index contributed by atoms with van der Waals surface area (Å²) in [5.41, 5.74) is 5.60. The van der Waals surface area contributed by atoms with Gasteiger partial charge in [0.1, 0.15) is 5.65 Å². The zero-order chi connectivity index (χ0) is 25.9. The fraction of sp³-hybridized carbons (Fsp3) is 0.129. The largest absolute Gasteiger partial charge is 0.394 e. The number of aliphatic hydroxyl groups excluding tert-OH is 1. The highest BCUT2D eigenvalue weighted by atomic mass is 16.3. The molecule has 0 radical (unpaired) electrons. The quantitative estimate of drug-likeness (QED) is 0.319. The van der Waals surface area contributed by atoms with Gasteiger partial charge < -0.3 is 19.4 Å². The summed E-state index contributed by atoms with van der Waals surface area (Å²) in [5, 5.41) is 14.7. The molecule has 7 nitrogen and oxygen atoms in total. The maximum Gasteiger partial charge on any atom is 0.260 e.